The topological polar surface area (TPSA) is 84.5 Å². The number of ether oxygens (including phenoxy) is 1. The van der Waals surface area contributed by atoms with Crippen LogP contribution in [-0.2, 0) is 10.0 Å². The van der Waals surface area contributed by atoms with Gasteiger partial charge in [0.05, 0.1) is 18.9 Å². The van der Waals surface area contributed by atoms with Crippen molar-refractivity contribution >= 4 is 21.6 Å². The zero-order chi connectivity index (χ0) is 18.0. The van der Waals surface area contributed by atoms with Crippen molar-refractivity contribution in [2.45, 2.75) is 19.4 Å². The quantitative estimate of drug-likeness (QED) is 0.878. The fourth-order valence-electron chi connectivity index (χ4n) is 2.81. The number of nitrogens with one attached hydrogen (secondary N) is 2. The number of sulfonamides is 1. The molecule has 0 saturated heterocycles. The van der Waals surface area contributed by atoms with Crippen molar-refractivity contribution in [1.82, 2.24) is 5.32 Å². The van der Waals surface area contributed by atoms with Crippen molar-refractivity contribution in [2.75, 3.05) is 17.6 Å². The molecule has 3 rings (SSSR count). The van der Waals surface area contributed by atoms with Gasteiger partial charge in [-0.25, -0.2) is 8.42 Å². The second-order valence-corrected chi connectivity index (χ2v) is 7.90. The molecule has 6 nitrogen and oxygen atoms in total. The average Bonchev–Trinajstić information content (AvgIpc) is 2.54. The minimum atomic E-state index is -3.33. The summed E-state index contributed by atoms with van der Waals surface area (Å²) >= 11 is 0. The smallest absolute Gasteiger partial charge is 0.251 e. The van der Waals surface area contributed by atoms with E-state index in [1.165, 1.54) is 0 Å². The number of carbonyl (C=O) groups is 1. The number of anilines is 1. The van der Waals surface area contributed by atoms with Gasteiger partial charge in [0.2, 0.25) is 10.0 Å². The number of aryl methyl sites for hydroxylation is 1. The van der Waals surface area contributed by atoms with Crippen molar-refractivity contribution < 1.29 is 17.9 Å². The number of carbonyl (C=O) groups excluding carboxylic acids is 1. The van der Waals surface area contributed by atoms with Crippen LogP contribution in [0.3, 0.4) is 0 Å². The van der Waals surface area contributed by atoms with Gasteiger partial charge >= 0.3 is 0 Å². The van der Waals surface area contributed by atoms with Gasteiger partial charge in [-0.3, -0.25) is 9.52 Å². The summed E-state index contributed by atoms with van der Waals surface area (Å²) in [7, 11) is -3.33. The lowest BCUT2D eigenvalue weighted by Crippen LogP contribution is -2.32. The Balaban J connectivity index is 1.74. The fourth-order valence-corrected chi connectivity index (χ4v) is 3.37. The molecule has 1 aliphatic heterocycles. The van der Waals surface area contributed by atoms with Crippen LogP contribution in [0.4, 0.5) is 5.69 Å². The van der Waals surface area contributed by atoms with Crippen LogP contribution in [-0.4, -0.2) is 27.2 Å². The third-order valence-electron chi connectivity index (χ3n) is 3.96. The van der Waals surface area contributed by atoms with E-state index in [1.807, 2.05) is 25.1 Å². The van der Waals surface area contributed by atoms with E-state index in [-0.39, 0.29) is 11.9 Å². The normalized spacial score (nSPS) is 16.5. The van der Waals surface area contributed by atoms with Crippen LogP contribution in [0.1, 0.15) is 33.9 Å². The number of rotatable bonds is 4. The van der Waals surface area contributed by atoms with E-state index >= 15 is 0 Å². The van der Waals surface area contributed by atoms with E-state index in [4.69, 9.17) is 4.74 Å². The lowest BCUT2D eigenvalue weighted by atomic mass is 9.98. The van der Waals surface area contributed by atoms with Crippen molar-refractivity contribution in [1.29, 1.82) is 0 Å². The highest BCUT2D eigenvalue weighted by Crippen LogP contribution is 2.32. The van der Waals surface area contributed by atoms with Crippen LogP contribution < -0.4 is 14.8 Å². The summed E-state index contributed by atoms with van der Waals surface area (Å²) in [6.07, 6.45) is 1.79. The largest absolute Gasteiger partial charge is 0.493 e. The maximum absolute atomic E-state index is 12.5. The third-order valence-corrected chi connectivity index (χ3v) is 4.57. The highest BCUT2D eigenvalue weighted by molar-refractivity contribution is 7.92. The highest BCUT2D eigenvalue weighted by Gasteiger charge is 2.23. The monoisotopic (exact) mass is 360 g/mol. The predicted molar refractivity (Wildman–Crippen MR) is 96.4 cm³/mol. The number of hydrogen-bond acceptors (Lipinski definition) is 4. The van der Waals surface area contributed by atoms with Crippen LogP contribution in [0.25, 0.3) is 0 Å². The molecule has 1 heterocycles. The Morgan fingerprint density at radius 3 is 2.56 bits per heavy atom. The summed E-state index contributed by atoms with van der Waals surface area (Å²) in [4.78, 5) is 12.5. The maximum atomic E-state index is 12.5. The van der Waals surface area contributed by atoms with E-state index in [0.29, 0.717) is 24.3 Å². The zero-order valence-corrected chi connectivity index (χ0v) is 14.9. The lowest BCUT2D eigenvalue weighted by Gasteiger charge is -2.27. The molecule has 1 aliphatic rings. The molecule has 0 aromatic heterocycles. The second kappa shape index (κ2) is 6.76. The molecular weight excluding hydrogens is 340 g/mol. The Hall–Kier alpha value is -2.54. The van der Waals surface area contributed by atoms with E-state index in [2.05, 4.69) is 10.0 Å². The van der Waals surface area contributed by atoms with E-state index in [1.54, 1.807) is 24.3 Å². The first-order valence-corrected chi connectivity index (χ1v) is 9.83. The molecule has 1 amide bonds. The Bertz CT molecular complexity index is 892. The second-order valence-electron chi connectivity index (χ2n) is 6.16. The van der Waals surface area contributed by atoms with Gasteiger partial charge < -0.3 is 10.1 Å². The molecule has 2 aromatic carbocycles. The summed E-state index contributed by atoms with van der Waals surface area (Å²) in [5, 5.41) is 3.03. The maximum Gasteiger partial charge on any atom is 0.251 e. The first-order chi connectivity index (χ1) is 11.8. The van der Waals surface area contributed by atoms with Crippen LogP contribution in [0.15, 0.2) is 42.5 Å². The first-order valence-electron chi connectivity index (χ1n) is 7.94. The third kappa shape index (κ3) is 4.30. The fraction of sp³-hybridized carbons (Fsp3) is 0.278. The first kappa shape index (κ1) is 17.3. The number of amides is 1. The van der Waals surface area contributed by atoms with E-state index in [0.717, 1.165) is 23.1 Å². The van der Waals surface area contributed by atoms with Gasteiger partial charge in [-0.1, -0.05) is 17.7 Å². The summed E-state index contributed by atoms with van der Waals surface area (Å²) in [5.74, 6) is 0.597. The molecule has 132 valence electrons. The van der Waals surface area contributed by atoms with Crippen LogP contribution in [0.5, 0.6) is 5.75 Å². The average molecular weight is 360 g/mol. The molecule has 0 aliphatic carbocycles. The summed E-state index contributed by atoms with van der Waals surface area (Å²) in [5.41, 5.74) is 2.99. The highest BCUT2D eigenvalue weighted by atomic mass is 32.2. The molecule has 1 atom stereocenters. The molecule has 0 bridgehead atoms. The molecule has 25 heavy (non-hydrogen) atoms. The minimum Gasteiger partial charge on any atom is -0.493 e. The van der Waals surface area contributed by atoms with Crippen molar-refractivity contribution in [3.8, 4) is 5.75 Å². The van der Waals surface area contributed by atoms with Gasteiger partial charge in [0.1, 0.15) is 5.75 Å². The Morgan fingerprint density at radius 2 is 1.88 bits per heavy atom. The lowest BCUT2D eigenvalue weighted by molar-refractivity contribution is 0.0925. The Morgan fingerprint density at radius 1 is 1.16 bits per heavy atom. The molecule has 2 N–H and O–H groups in total. The standard InChI is InChI=1S/C18H20N2O4S/c1-12-3-8-17-15(11-12)16(9-10-24-17)19-18(21)13-4-6-14(7-5-13)20-25(2,22)23/h3-8,11,16,20H,9-10H2,1-2H3,(H,19,21). The summed E-state index contributed by atoms with van der Waals surface area (Å²) < 4.78 is 30.5. The van der Waals surface area contributed by atoms with E-state index < -0.39 is 10.0 Å². The number of fused-ring (bicyclic) bond motifs is 1. The molecule has 1 unspecified atom stereocenters. The minimum absolute atomic E-state index is 0.107. The molecule has 0 fully saturated rings. The van der Waals surface area contributed by atoms with Gasteiger partial charge in [0.15, 0.2) is 0 Å². The molecule has 7 heteroatoms. The molecule has 0 saturated carbocycles. The van der Waals surface area contributed by atoms with Gasteiger partial charge in [-0.15, -0.1) is 0 Å². The zero-order valence-electron chi connectivity index (χ0n) is 14.1. The summed E-state index contributed by atoms with van der Waals surface area (Å²) in [6.45, 7) is 2.56. The van der Waals surface area contributed by atoms with Crippen LogP contribution in [0, 0.1) is 6.92 Å². The van der Waals surface area contributed by atoms with Gasteiger partial charge in [0.25, 0.3) is 5.91 Å². The van der Waals surface area contributed by atoms with Crippen molar-refractivity contribution in [3.05, 3.63) is 59.2 Å². The Labute approximate surface area is 147 Å². The van der Waals surface area contributed by atoms with Crippen LogP contribution in [0.2, 0.25) is 0 Å². The van der Waals surface area contributed by atoms with Gasteiger partial charge in [0, 0.05) is 23.2 Å². The SMILES string of the molecule is Cc1ccc2c(c1)C(NC(=O)c1ccc(NS(C)(=O)=O)cc1)CCO2. The van der Waals surface area contributed by atoms with Crippen molar-refractivity contribution in [2.24, 2.45) is 0 Å². The van der Waals surface area contributed by atoms with E-state index in [9.17, 15) is 13.2 Å². The number of benzene rings is 2. The number of hydrogen-bond donors (Lipinski definition) is 2. The molecule has 2 aromatic rings. The predicted octanol–water partition coefficient (Wildman–Crippen LogP) is 2.62. The van der Waals surface area contributed by atoms with Crippen molar-refractivity contribution in [3.63, 3.8) is 0 Å². The van der Waals surface area contributed by atoms with Crippen LogP contribution >= 0.6 is 0 Å². The molecular formula is C18H20N2O4S. The summed E-state index contributed by atoms with van der Waals surface area (Å²) in [6, 6.07) is 12.2. The van der Waals surface area contributed by atoms with Gasteiger partial charge in [-0.05, 0) is 37.3 Å². The Kier molecular flexibility index (Phi) is 4.67. The molecule has 0 spiro atoms. The van der Waals surface area contributed by atoms with Gasteiger partial charge in [-0.2, -0.15) is 0 Å². The molecule has 0 radical (unpaired) electrons.